The first-order valence-corrected chi connectivity index (χ1v) is 9.97. The zero-order chi connectivity index (χ0) is 17.6. The maximum atomic E-state index is 12.4. The molecule has 3 rings (SSSR count). The minimum atomic E-state index is 0.251. The van der Waals surface area contributed by atoms with Crippen molar-refractivity contribution in [3.8, 4) is 5.75 Å². The molecule has 1 N–H and O–H groups in total. The summed E-state index contributed by atoms with van der Waals surface area (Å²) in [5.41, 5.74) is 3.80. The number of carbonyl (C=O) groups is 1. The Morgan fingerprint density at radius 2 is 1.72 bits per heavy atom. The number of likely N-dealkylation sites (tertiary alicyclic amines) is 1. The van der Waals surface area contributed by atoms with Gasteiger partial charge in [0.05, 0.1) is 5.75 Å². The fraction of sp³-hybridized carbons (Fsp3) is 0.381. The van der Waals surface area contributed by atoms with Gasteiger partial charge in [-0.15, -0.1) is 11.8 Å². The van der Waals surface area contributed by atoms with Crippen molar-refractivity contribution in [1.29, 1.82) is 0 Å². The van der Waals surface area contributed by atoms with Gasteiger partial charge in [-0.1, -0.05) is 42.0 Å². The van der Waals surface area contributed by atoms with Crippen LogP contribution in [0.15, 0.2) is 48.5 Å². The summed E-state index contributed by atoms with van der Waals surface area (Å²) in [5.74, 6) is 2.49. The lowest BCUT2D eigenvalue weighted by molar-refractivity contribution is -0.129. The second-order valence-electron chi connectivity index (χ2n) is 6.72. The highest BCUT2D eigenvalue weighted by Gasteiger charge is 2.23. The minimum Gasteiger partial charge on any atom is -0.508 e. The fourth-order valence-electron chi connectivity index (χ4n) is 3.24. The second kappa shape index (κ2) is 8.43. The molecule has 0 unspecified atom stereocenters. The number of amides is 1. The average molecular weight is 356 g/mol. The quantitative estimate of drug-likeness (QED) is 0.867. The Labute approximate surface area is 154 Å². The summed E-state index contributed by atoms with van der Waals surface area (Å²) in [6, 6.07) is 16.0. The van der Waals surface area contributed by atoms with E-state index >= 15 is 0 Å². The summed E-state index contributed by atoms with van der Waals surface area (Å²) in [6.45, 7) is 3.74. The van der Waals surface area contributed by atoms with Gasteiger partial charge in [0.2, 0.25) is 5.91 Å². The molecule has 0 spiro atoms. The molecular formula is C21H25NO2S. The standard InChI is InChI=1S/C21H25NO2S/c1-16-2-4-17(5-3-16)14-25-15-21(24)22-12-10-19(11-13-22)18-6-8-20(23)9-7-18/h2-9,19,23H,10-15H2,1H3. The van der Waals surface area contributed by atoms with Crippen LogP contribution < -0.4 is 0 Å². The highest BCUT2D eigenvalue weighted by Crippen LogP contribution is 2.29. The Balaban J connectivity index is 1.42. The normalized spacial score (nSPS) is 15.3. The van der Waals surface area contributed by atoms with Crippen molar-refractivity contribution in [3.05, 3.63) is 65.2 Å². The van der Waals surface area contributed by atoms with Crippen molar-refractivity contribution in [1.82, 2.24) is 4.90 Å². The predicted molar refractivity (Wildman–Crippen MR) is 104 cm³/mol. The SMILES string of the molecule is Cc1ccc(CSCC(=O)N2CCC(c3ccc(O)cc3)CC2)cc1. The molecule has 2 aromatic carbocycles. The number of aryl methyl sites for hydroxylation is 1. The van der Waals surface area contributed by atoms with Gasteiger partial charge in [0.25, 0.3) is 0 Å². The van der Waals surface area contributed by atoms with Crippen molar-refractivity contribution in [2.24, 2.45) is 0 Å². The van der Waals surface area contributed by atoms with E-state index in [1.54, 1.807) is 23.9 Å². The van der Waals surface area contributed by atoms with E-state index in [9.17, 15) is 9.90 Å². The van der Waals surface area contributed by atoms with E-state index < -0.39 is 0 Å². The molecule has 4 heteroatoms. The van der Waals surface area contributed by atoms with Gasteiger partial charge in [-0.05, 0) is 48.9 Å². The Hall–Kier alpha value is -1.94. The van der Waals surface area contributed by atoms with E-state index in [2.05, 4.69) is 31.2 Å². The number of rotatable bonds is 5. The highest BCUT2D eigenvalue weighted by molar-refractivity contribution is 7.99. The molecule has 1 aliphatic rings. The van der Waals surface area contributed by atoms with Crippen LogP contribution in [0.25, 0.3) is 0 Å². The number of aromatic hydroxyl groups is 1. The van der Waals surface area contributed by atoms with E-state index in [4.69, 9.17) is 0 Å². The monoisotopic (exact) mass is 355 g/mol. The number of piperidine rings is 1. The van der Waals surface area contributed by atoms with Gasteiger partial charge in [-0.3, -0.25) is 4.79 Å². The van der Waals surface area contributed by atoms with Crippen LogP contribution in [0.3, 0.4) is 0 Å². The molecule has 1 fully saturated rings. The predicted octanol–water partition coefficient (Wildman–Crippen LogP) is 4.34. The summed E-state index contributed by atoms with van der Waals surface area (Å²) < 4.78 is 0. The first-order chi connectivity index (χ1) is 12.1. The molecule has 0 bridgehead atoms. The van der Waals surface area contributed by atoms with Gasteiger partial charge in [0.1, 0.15) is 5.75 Å². The first kappa shape index (κ1) is 17.9. The number of thioether (sulfide) groups is 1. The van der Waals surface area contributed by atoms with Crippen LogP contribution in [0.5, 0.6) is 5.75 Å². The summed E-state index contributed by atoms with van der Waals surface area (Å²) in [6.07, 6.45) is 2.00. The van der Waals surface area contributed by atoms with Crippen LogP contribution in [-0.2, 0) is 10.5 Å². The molecule has 25 heavy (non-hydrogen) atoms. The summed E-state index contributed by atoms with van der Waals surface area (Å²) >= 11 is 1.69. The van der Waals surface area contributed by atoms with Gasteiger partial charge in [0.15, 0.2) is 0 Å². The molecule has 1 saturated heterocycles. The second-order valence-corrected chi connectivity index (χ2v) is 7.71. The molecule has 0 aliphatic carbocycles. The third-order valence-electron chi connectivity index (χ3n) is 4.83. The summed E-state index contributed by atoms with van der Waals surface area (Å²) in [5, 5.41) is 9.39. The molecule has 0 aromatic heterocycles. The van der Waals surface area contributed by atoms with Crippen LogP contribution in [0.2, 0.25) is 0 Å². The molecule has 0 radical (unpaired) electrons. The van der Waals surface area contributed by atoms with E-state index in [1.807, 2.05) is 17.0 Å². The van der Waals surface area contributed by atoms with Gasteiger partial charge in [-0.2, -0.15) is 0 Å². The first-order valence-electron chi connectivity index (χ1n) is 8.82. The molecule has 2 aromatic rings. The van der Waals surface area contributed by atoms with Gasteiger partial charge in [0, 0.05) is 18.8 Å². The number of hydrogen-bond donors (Lipinski definition) is 1. The molecular weight excluding hydrogens is 330 g/mol. The van der Waals surface area contributed by atoms with Gasteiger partial charge < -0.3 is 10.0 Å². The smallest absolute Gasteiger partial charge is 0.232 e. The lowest BCUT2D eigenvalue weighted by Gasteiger charge is -2.32. The van der Waals surface area contributed by atoms with Crippen LogP contribution in [0.4, 0.5) is 0 Å². The third kappa shape index (κ3) is 5.02. The molecule has 0 atom stereocenters. The molecule has 0 saturated carbocycles. The zero-order valence-corrected chi connectivity index (χ0v) is 15.5. The Morgan fingerprint density at radius 1 is 1.08 bits per heavy atom. The maximum Gasteiger partial charge on any atom is 0.232 e. The number of phenolic OH excluding ortho intramolecular Hbond substituents is 1. The summed E-state index contributed by atoms with van der Waals surface area (Å²) in [7, 11) is 0. The van der Waals surface area contributed by atoms with Crippen LogP contribution in [0, 0.1) is 6.92 Å². The van der Waals surface area contributed by atoms with Crippen molar-refractivity contribution in [2.75, 3.05) is 18.8 Å². The Morgan fingerprint density at radius 3 is 2.36 bits per heavy atom. The molecule has 132 valence electrons. The Bertz CT molecular complexity index is 689. The van der Waals surface area contributed by atoms with Crippen LogP contribution >= 0.6 is 11.8 Å². The third-order valence-corrected chi connectivity index (χ3v) is 5.82. The number of phenols is 1. The van der Waals surface area contributed by atoms with Crippen molar-refractivity contribution >= 4 is 17.7 Å². The number of hydrogen-bond acceptors (Lipinski definition) is 3. The molecule has 1 aliphatic heterocycles. The van der Waals surface area contributed by atoms with Gasteiger partial charge >= 0.3 is 0 Å². The maximum absolute atomic E-state index is 12.4. The lowest BCUT2D eigenvalue weighted by atomic mass is 9.89. The van der Waals surface area contributed by atoms with Crippen molar-refractivity contribution < 1.29 is 9.90 Å². The van der Waals surface area contributed by atoms with Crippen molar-refractivity contribution in [2.45, 2.75) is 31.4 Å². The Kier molecular flexibility index (Phi) is 6.03. The molecule has 1 heterocycles. The minimum absolute atomic E-state index is 0.251. The number of carbonyl (C=O) groups excluding carboxylic acids is 1. The van der Waals surface area contributed by atoms with Crippen LogP contribution in [0.1, 0.15) is 35.4 Å². The lowest BCUT2D eigenvalue weighted by Crippen LogP contribution is -2.38. The topological polar surface area (TPSA) is 40.5 Å². The van der Waals surface area contributed by atoms with Crippen molar-refractivity contribution in [3.63, 3.8) is 0 Å². The summed E-state index contributed by atoms with van der Waals surface area (Å²) in [4.78, 5) is 14.4. The van der Waals surface area contributed by atoms with Gasteiger partial charge in [-0.25, -0.2) is 0 Å². The molecule has 1 amide bonds. The zero-order valence-electron chi connectivity index (χ0n) is 14.6. The fourth-order valence-corrected chi connectivity index (χ4v) is 4.13. The van der Waals surface area contributed by atoms with E-state index in [0.29, 0.717) is 17.4 Å². The van der Waals surface area contributed by atoms with E-state index in [1.165, 1.54) is 16.7 Å². The van der Waals surface area contributed by atoms with E-state index in [0.717, 1.165) is 31.7 Å². The van der Waals surface area contributed by atoms with E-state index in [-0.39, 0.29) is 5.91 Å². The van der Waals surface area contributed by atoms with Crippen LogP contribution in [-0.4, -0.2) is 34.8 Å². The number of benzene rings is 2. The average Bonchev–Trinajstić information content (AvgIpc) is 2.64. The highest BCUT2D eigenvalue weighted by atomic mass is 32.2. The number of nitrogens with zero attached hydrogens (tertiary/aromatic N) is 1. The largest absolute Gasteiger partial charge is 0.508 e. The molecule has 3 nitrogen and oxygen atoms in total.